The first-order valence-corrected chi connectivity index (χ1v) is 9.27. The van der Waals surface area contributed by atoms with Gasteiger partial charge in [-0.3, -0.25) is 4.98 Å². The van der Waals surface area contributed by atoms with E-state index in [2.05, 4.69) is 25.6 Å². The molecule has 3 aromatic rings. The number of nitrogens with one attached hydrogen (secondary N) is 2. The molecule has 1 aromatic carbocycles. The number of hydrogen-bond acceptors (Lipinski definition) is 7. The SMILES string of the molecule is COc1ccc(Nc2cc(-c3ccncc3)nc(N[C@@H](CO)C(C)C)n2)cc1F. The van der Waals surface area contributed by atoms with Crippen molar-refractivity contribution in [2.45, 2.75) is 19.9 Å². The Hall–Kier alpha value is -3.26. The molecular weight excluding hydrogens is 373 g/mol. The molecule has 0 radical (unpaired) electrons. The first-order valence-electron chi connectivity index (χ1n) is 9.27. The number of anilines is 3. The van der Waals surface area contributed by atoms with Crippen molar-refractivity contribution in [3.8, 4) is 17.0 Å². The van der Waals surface area contributed by atoms with Crippen LogP contribution >= 0.6 is 0 Å². The molecule has 0 unspecified atom stereocenters. The molecule has 0 fully saturated rings. The summed E-state index contributed by atoms with van der Waals surface area (Å²) in [6, 6.07) is 9.84. The number of ether oxygens (including phenoxy) is 1. The van der Waals surface area contributed by atoms with E-state index in [9.17, 15) is 9.50 Å². The van der Waals surface area contributed by atoms with Crippen LogP contribution in [-0.4, -0.2) is 39.8 Å². The Labute approximate surface area is 169 Å². The molecule has 0 saturated carbocycles. The summed E-state index contributed by atoms with van der Waals surface area (Å²) in [7, 11) is 1.42. The van der Waals surface area contributed by atoms with Crippen molar-refractivity contribution in [3.05, 3.63) is 54.6 Å². The summed E-state index contributed by atoms with van der Waals surface area (Å²) in [6.45, 7) is 3.95. The van der Waals surface area contributed by atoms with Crippen LogP contribution in [0.5, 0.6) is 5.75 Å². The second kappa shape index (κ2) is 9.29. The van der Waals surface area contributed by atoms with Crippen molar-refractivity contribution in [2.24, 2.45) is 5.92 Å². The molecule has 0 spiro atoms. The van der Waals surface area contributed by atoms with Crippen LogP contribution < -0.4 is 15.4 Å². The van der Waals surface area contributed by atoms with Crippen LogP contribution in [0.15, 0.2) is 48.8 Å². The van der Waals surface area contributed by atoms with Crippen LogP contribution in [0, 0.1) is 11.7 Å². The number of pyridine rings is 1. The Morgan fingerprint density at radius 3 is 2.48 bits per heavy atom. The van der Waals surface area contributed by atoms with E-state index in [0.717, 1.165) is 5.56 Å². The first kappa shape index (κ1) is 20.5. The largest absolute Gasteiger partial charge is 0.494 e. The molecule has 0 saturated heterocycles. The van der Waals surface area contributed by atoms with E-state index >= 15 is 0 Å². The van der Waals surface area contributed by atoms with Gasteiger partial charge < -0.3 is 20.5 Å². The lowest BCUT2D eigenvalue weighted by molar-refractivity contribution is 0.248. The third kappa shape index (κ3) is 5.17. The standard InChI is InChI=1S/C21H24FN5O2/c1-13(2)18(12-28)26-21-25-17(14-6-8-23-9-7-14)11-20(27-21)24-15-4-5-19(29-3)16(22)10-15/h4-11,13,18,28H,12H2,1-3H3,(H2,24,25,26,27)/t18-/m0/s1. The van der Waals surface area contributed by atoms with Crippen molar-refractivity contribution in [1.29, 1.82) is 0 Å². The minimum absolute atomic E-state index is 0.0486. The highest BCUT2D eigenvalue weighted by molar-refractivity contribution is 5.67. The van der Waals surface area contributed by atoms with E-state index in [0.29, 0.717) is 23.1 Å². The van der Waals surface area contributed by atoms with E-state index in [1.165, 1.54) is 13.2 Å². The first-order chi connectivity index (χ1) is 14.0. The maximum atomic E-state index is 14.0. The zero-order chi connectivity index (χ0) is 20.8. The molecule has 0 aliphatic heterocycles. The van der Waals surface area contributed by atoms with Crippen LogP contribution in [-0.2, 0) is 0 Å². The number of aliphatic hydroxyl groups is 1. The van der Waals surface area contributed by atoms with Crippen LogP contribution in [0.2, 0.25) is 0 Å². The molecule has 8 heteroatoms. The van der Waals surface area contributed by atoms with E-state index in [-0.39, 0.29) is 24.3 Å². The highest BCUT2D eigenvalue weighted by atomic mass is 19.1. The highest BCUT2D eigenvalue weighted by Gasteiger charge is 2.15. The number of aromatic nitrogens is 3. The molecule has 0 aliphatic carbocycles. The number of benzene rings is 1. The smallest absolute Gasteiger partial charge is 0.225 e. The fraction of sp³-hybridized carbons (Fsp3) is 0.286. The number of methoxy groups -OCH3 is 1. The predicted octanol–water partition coefficient (Wildman–Crippen LogP) is 3.86. The Bertz CT molecular complexity index is 953. The quantitative estimate of drug-likeness (QED) is 0.531. The average molecular weight is 397 g/mol. The van der Waals surface area contributed by atoms with Gasteiger partial charge in [0.2, 0.25) is 5.95 Å². The monoisotopic (exact) mass is 397 g/mol. The fourth-order valence-electron chi connectivity index (χ4n) is 2.73. The van der Waals surface area contributed by atoms with Crippen molar-refractivity contribution >= 4 is 17.5 Å². The van der Waals surface area contributed by atoms with Gasteiger partial charge in [-0.05, 0) is 30.2 Å². The molecule has 152 valence electrons. The third-order valence-electron chi connectivity index (χ3n) is 4.44. The normalized spacial score (nSPS) is 11.9. The third-order valence-corrected chi connectivity index (χ3v) is 4.44. The number of rotatable bonds is 8. The highest BCUT2D eigenvalue weighted by Crippen LogP contribution is 2.26. The molecule has 0 bridgehead atoms. The summed E-state index contributed by atoms with van der Waals surface area (Å²) < 4.78 is 19.0. The minimum atomic E-state index is -0.473. The topological polar surface area (TPSA) is 92.2 Å². The lowest BCUT2D eigenvalue weighted by Crippen LogP contribution is -2.30. The van der Waals surface area contributed by atoms with Gasteiger partial charge in [-0.2, -0.15) is 4.98 Å². The van der Waals surface area contributed by atoms with Gasteiger partial charge in [0.05, 0.1) is 25.5 Å². The van der Waals surface area contributed by atoms with Crippen molar-refractivity contribution in [1.82, 2.24) is 15.0 Å². The van der Waals surface area contributed by atoms with Gasteiger partial charge in [0.25, 0.3) is 0 Å². The number of halogens is 1. The molecule has 2 aromatic heterocycles. The second-order valence-corrected chi connectivity index (χ2v) is 6.85. The van der Waals surface area contributed by atoms with Gasteiger partial charge in [-0.1, -0.05) is 13.8 Å². The molecule has 0 amide bonds. The molecule has 3 rings (SSSR count). The zero-order valence-corrected chi connectivity index (χ0v) is 16.6. The molecular formula is C21H24FN5O2. The summed E-state index contributed by atoms with van der Waals surface area (Å²) in [5, 5.41) is 15.9. The van der Waals surface area contributed by atoms with E-state index in [1.807, 2.05) is 26.0 Å². The van der Waals surface area contributed by atoms with Crippen molar-refractivity contribution in [3.63, 3.8) is 0 Å². The maximum absolute atomic E-state index is 14.0. The van der Waals surface area contributed by atoms with Gasteiger partial charge in [0, 0.05) is 35.8 Å². The van der Waals surface area contributed by atoms with Gasteiger partial charge >= 0.3 is 0 Å². The molecule has 1 atom stereocenters. The van der Waals surface area contributed by atoms with Gasteiger partial charge in [-0.25, -0.2) is 9.37 Å². The Morgan fingerprint density at radius 1 is 1.10 bits per heavy atom. The molecule has 0 aliphatic rings. The Kier molecular flexibility index (Phi) is 6.56. The number of aliphatic hydroxyl groups excluding tert-OH is 1. The van der Waals surface area contributed by atoms with Crippen LogP contribution in [0.4, 0.5) is 21.8 Å². The molecule has 29 heavy (non-hydrogen) atoms. The Morgan fingerprint density at radius 2 is 1.86 bits per heavy atom. The molecule has 3 N–H and O–H groups in total. The van der Waals surface area contributed by atoms with Crippen LogP contribution in [0.25, 0.3) is 11.3 Å². The fourth-order valence-corrected chi connectivity index (χ4v) is 2.73. The number of hydrogen-bond donors (Lipinski definition) is 3. The van der Waals surface area contributed by atoms with Crippen LogP contribution in [0.1, 0.15) is 13.8 Å². The van der Waals surface area contributed by atoms with Gasteiger partial charge in [0.1, 0.15) is 5.82 Å². The number of nitrogens with zero attached hydrogens (tertiary/aromatic N) is 3. The molecule has 7 nitrogen and oxygen atoms in total. The predicted molar refractivity (Wildman–Crippen MR) is 111 cm³/mol. The van der Waals surface area contributed by atoms with E-state index in [1.54, 1.807) is 30.6 Å². The van der Waals surface area contributed by atoms with Gasteiger partial charge in [0.15, 0.2) is 11.6 Å². The average Bonchev–Trinajstić information content (AvgIpc) is 2.72. The lowest BCUT2D eigenvalue weighted by atomic mass is 10.1. The van der Waals surface area contributed by atoms with Crippen molar-refractivity contribution < 1.29 is 14.2 Å². The zero-order valence-electron chi connectivity index (χ0n) is 16.6. The van der Waals surface area contributed by atoms with E-state index < -0.39 is 5.82 Å². The van der Waals surface area contributed by atoms with E-state index in [4.69, 9.17) is 4.74 Å². The summed E-state index contributed by atoms with van der Waals surface area (Å²) in [6.07, 6.45) is 3.36. The van der Waals surface area contributed by atoms with Gasteiger partial charge in [-0.15, -0.1) is 0 Å². The summed E-state index contributed by atoms with van der Waals surface area (Å²) in [5.41, 5.74) is 2.05. The molecule has 2 heterocycles. The lowest BCUT2D eigenvalue weighted by Gasteiger charge is -2.20. The van der Waals surface area contributed by atoms with Crippen LogP contribution in [0.3, 0.4) is 0 Å². The summed E-state index contributed by atoms with van der Waals surface area (Å²) in [5.74, 6) is 0.725. The summed E-state index contributed by atoms with van der Waals surface area (Å²) in [4.78, 5) is 13.1. The summed E-state index contributed by atoms with van der Waals surface area (Å²) >= 11 is 0. The minimum Gasteiger partial charge on any atom is -0.494 e. The second-order valence-electron chi connectivity index (χ2n) is 6.85. The van der Waals surface area contributed by atoms with Crippen molar-refractivity contribution in [2.75, 3.05) is 24.4 Å². The Balaban J connectivity index is 1.96. The maximum Gasteiger partial charge on any atom is 0.225 e.